The van der Waals surface area contributed by atoms with Gasteiger partial charge in [-0.2, -0.15) is 0 Å². The molecule has 1 aliphatic heterocycles. The average Bonchev–Trinajstić information content (AvgIpc) is 3.21. The Kier molecular flexibility index (Phi) is 4.13. The van der Waals surface area contributed by atoms with E-state index in [9.17, 15) is 15.3 Å². The van der Waals surface area contributed by atoms with Crippen molar-refractivity contribution in [3.63, 3.8) is 0 Å². The minimum Gasteiger partial charge on any atom is -0.389 e. The molecule has 3 rings (SSSR count). The molecule has 0 aromatic carbocycles. The molecule has 110 valence electrons. The first-order valence-corrected chi connectivity index (χ1v) is 7.90. The van der Waals surface area contributed by atoms with E-state index < -0.39 is 18.3 Å². The topological polar surface area (TPSA) is 63.9 Å². The number of hydrogen-bond acceptors (Lipinski definition) is 4. The average molecular weight is 269 g/mol. The largest absolute Gasteiger partial charge is 0.389 e. The molecule has 0 aromatic heterocycles. The van der Waals surface area contributed by atoms with E-state index in [1.165, 1.54) is 38.5 Å². The molecular formula is C15H27NO3. The molecule has 4 nitrogen and oxygen atoms in total. The van der Waals surface area contributed by atoms with Gasteiger partial charge in [-0.05, 0) is 56.3 Å². The van der Waals surface area contributed by atoms with Crippen LogP contribution in [0.2, 0.25) is 0 Å². The molecule has 0 spiro atoms. The van der Waals surface area contributed by atoms with E-state index in [-0.39, 0.29) is 0 Å². The molecule has 19 heavy (non-hydrogen) atoms. The third-order valence-corrected chi connectivity index (χ3v) is 5.38. The van der Waals surface area contributed by atoms with Crippen molar-refractivity contribution in [2.75, 3.05) is 19.6 Å². The lowest BCUT2D eigenvalue weighted by Gasteiger charge is -2.39. The van der Waals surface area contributed by atoms with Gasteiger partial charge in [-0.3, -0.25) is 4.90 Å². The molecule has 2 aliphatic carbocycles. The van der Waals surface area contributed by atoms with Gasteiger partial charge < -0.3 is 15.3 Å². The number of aliphatic hydroxyl groups is 3. The van der Waals surface area contributed by atoms with Crippen LogP contribution in [0.25, 0.3) is 0 Å². The minimum absolute atomic E-state index is 0.501. The van der Waals surface area contributed by atoms with E-state index >= 15 is 0 Å². The third kappa shape index (κ3) is 3.30. The maximum Gasteiger partial charge on any atom is 0.108 e. The van der Waals surface area contributed by atoms with Gasteiger partial charge in [0.2, 0.25) is 0 Å². The van der Waals surface area contributed by atoms with Gasteiger partial charge in [0.05, 0.1) is 12.2 Å². The molecule has 1 heterocycles. The van der Waals surface area contributed by atoms with Crippen LogP contribution in [0.1, 0.15) is 38.5 Å². The monoisotopic (exact) mass is 269 g/mol. The number of aliphatic hydroxyl groups excluding tert-OH is 3. The van der Waals surface area contributed by atoms with E-state index in [0.29, 0.717) is 19.0 Å². The lowest BCUT2D eigenvalue weighted by molar-refractivity contribution is -0.112. The molecule has 3 fully saturated rings. The smallest absolute Gasteiger partial charge is 0.108 e. The fourth-order valence-corrected chi connectivity index (χ4v) is 4.00. The third-order valence-electron chi connectivity index (χ3n) is 5.38. The Morgan fingerprint density at radius 1 is 0.737 bits per heavy atom. The predicted molar refractivity (Wildman–Crippen MR) is 72.6 cm³/mol. The zero-order valence-electron chi connectivity index (χ0n) is 11.6. The molecule has 2 unspecified atom stereocenters. The van der Waals surface area contributed by atoms with E-state index in [1.54, 1.807) is 0 Å². The first-order chi connectivity index (χ1) is 9.13. The second kappa shape index (κ2) is 5.68. The van der Waals surface area contributed by atoms with Crippen molar-refractivity contribution < 1.29 is 15.3 Å². The Labute approximate surface area is 115 Å². The van der Waals surface area contributed by atoms with Crippen LogP contribution in [0, 0.1) is 17.8 Å². The van der Waals surface area contributed by atoms with E-state index in [4.69, 9.17) is 0 Å². The molecule has 2 atom stereocenters. The van der Waals surface area contributed by atoms with Crippen molar-refractivity contribution in [1.82, 2.24) is 4.90 Å². The zero-order chi connectivity index (χ0) is 13.4. The summed E-state index contributed by atoms with van der Waals surface area (Å²) in [5.41, 5.74) is 0. The summed E-state index contributed by atoms with van der Waals surface area (Å²) in [6, 6.07) is 0. The van der Waals surface area contributed by atoms with Crippen molar-refractivity contribution >= 4 is 0 Å². The molecule has 3 N–H and O–H groups in total. The number of piperidine rings is 1. The first kappa shape index (κ1) is 13.8. The number of likely N-dealkylation sites (tertiary alicyclic amines) is 1. The van der Waals surface area contributed by atoms with Crippen LogP contribution in [0.3, 0.4) is 0 Å². The summed E-state index contributed by atoms with van der Waals surface area (Å²) in [5, 5.41) is 29.0. The van der Waals surface area contributed by atoms with Crippen molar-refractivity contribution in [3.8, 4) is 0 Å². The van der Waals surface area contributed by atoms with Gasteiger partial charge in [-0.1, -0.05) is 0 Å². The Morgan fingerprint density at radius 2 is 1.21 bits per heavy atom. The normalized spacial score (nSPS) is 45.3. The lowest BCUT2D eigenvalue weighted by Crippen LogP contribution is -2.56. The maximum absolute atomic E-state index is 9.72. The summed E-state index contributed by atoms with van der Waals surface area (Å²) in [4.78, 5) is 2.13. The highest BCUT2D eigenvalue weighted by Crippen LogP contribution is 2.45. The molecule has 0 bridgehead atoms. The standard InChI is InChI=1S/C15H27NO3/c17-13-8-16(9-14(18)15(13)19)7-10-1-3-11(4-2-10)12-5-6-12/h10-15,17-19H,1-9H2. The summed E-state index contributed by atoms with van der Waals surface area (Å²) in [6.45, 7) is 1.97. The van der Waals surface area contributed by atoms with Crippen LogP contribution in [-0.2, 0) is 0 Å². The van der Waals surface area contributed by atoms with Crippen LogP contribution >= 0.6 is 0 Å². The first-order valence-electron chi connectivity index (χ1n) is 7.90. The number of hydrogen-bond donors (Lipinski definition) is 3. The highest BCUT2D eigenvalue weighted by atomic mass is 16.4. The summed E-state index contributed by atoms with van der Waals surface area (Å²) < 4.78 is 0. The second-order valence-electron chi connectivity index (χ2n) is 6.96. The van der Waals surface area contributed by atoms with Crippen molar-refractivity contribution in [3.05, 3.63) is 0 Å². The summed E-state index contributed by atoms with van der Waals surface area (Å²) >= 11 is 0. The van der Waals surface area contributed by atoms with Gasteiger partial charge in [0.15, 0.2) is 0 Å². The molecule has 1 saturated heterocycles. The minimum atomic E-state index is -0.971. The highest BCUT2D eigenvalue weighted by Gasteiger charge is 2.36. The van der Waals surface area contributed by atoms with Gasteiger partial charge in [0.1, 0.15) is 6.10 Å². The molecular weight excluding hydrogens is 242 g/mol. The zero-order valence-corrected chi connectivity index (χ0v) is 11.6. The molecule has 0 aromatic rings. The highest BCUT2D eigenvalue weighted by molar-refractivity contribution is 4.89. The summed E-state index contributed by atoms with van der Waals surface area (Å²) in [6.07, 6.45) is 5.68. The van der Waals surface area contributed by atoms with Crippen molar-refractivity contribution in [1.29, 1.82) is 0 Å². The Hall–Kier alpha value is -0.160. The van der Waals surface area contributed by atoms with E-state index in [1.807, 2.05) is 0 Å². The summed E-state index contributed by atoms with van der Waals surface area (Å²) in [5.74, 6) is 2.73. The fourth-order valence-electron chi connectivity index (χ4n) is 4.00. The fraction of sp³-hybridized carbons (Fsp3) is 1.00. The number of β-amino-alcohol motifs (C(OH)–C–C–N with tert-alkyl or cyclic N) is 2. The van der Waals surface area contributed by atoms with Crippen LogP contribution in [0.5, 0.6) is 0 Å². The molecule has 2 saturated carbocycles. The van der Waals surface area contributed by atoms with Gasteiger partial charge in [-0.25, -0.2) is 0 Å². The Bertz CT molecular complexity index is 288. The van der Waals surface area contributed by atoms with Crippen LogP contribution in [0.4, 0.5) is 0 Å². The lowest BCUT2D eigenvalue weighted by atomic mass is 9.79. The summed E-state index contributed by atoms with van der Waals surface area (Å²) in [7, 11) is 0. The number of rotatable bonds is 3. The quantitative estimate of drug-likeness (QED) is 0.702. The Balaban J connectivity index is 1.44. The maximum atomic E-state index is 9.72. The van der Waals surface area contributed by atoms with Crippen LogP contribution < -0.4 is 0 Å². The van der Waals surface area contributed by atoms with Gasteiger partial charge >= 0.3 is 0 Å². The molecule has 0 radical (unpaired) electrons. The predicted octanol–water partition coefficient (Wildman–Crippen LogP) is 0.601. The SMILES string of the molecule is OC1CN(CC2CCC(C3CC3)CC2)CC(O)C1O. The van der Waals surface area contributed by atoms with E-state index in [2.05, 4.69) is 4.90 Å². The van der Waals surface area contributed by atoms with E-state index in [0.717, 1.165) is 18.4 Å². The number of nitrogens with zero attached hydrogens (tertiary/aromatic N) is 1. The van der Waals surface area contributed by atoms with Crippen LogP contribution in [0.15, 0.2) is 0 Å². The van der Waals surface area contributed by atoms with Crippen LogP contribution in [-0.4, -0.2) is 58.2 Å². The molecule has 4 heteroatoms. The Morgan fingerprint density at radius 3 is 1.68 bits per heavy atom. The molecule has 0 amide bonds. The van der Waals surface area contributed by atoms with Gasteiger partial charge in [0.25, 0.3) is 0 Å². The van der Waals surface area contributed by atoms with Crippen molar-refractivity contribution in [2.24, 2.45) is 17.8 Å². The van der Waals surface area contributed by atoms with Gasteiger partial charge in [0, 0.05) is 19.6 Å². The second-order valence-corrected chi connectivity index (χ2v) is 6.96. The van der Waals surface area contributed by atoms with Gasteiger partial charge in [-0.15, -0.1) is 0 Å². The molecule has 3 aliphatic rings. The van der Waals surface area contributed by atoms with Crippen molar-refractivity contribution in [2.45, 2.75) is 56.8 Å².